The summed E-state index contributed by atoms with van der Waals surface area (Å²) in [4.78, 5) is 0. The topological polar surface area (TPSA) is 68.2 Å². The van der Waals surface area contributed by atoms with E-state index in [1.807, 2.05) is 60.7 Å². The van der Waals surface area contributed by atoms with Crippen molar-refractivity contribution in [3.8, 4) is 23.0 Å². The third-order valence-electron chi connectivity index (χ3n) is 6.03. The lowest BCUT2D eigenvalue weighted by molar-refractivity contribution is 0.0958. The number of aliphatic hydroxyl groups excluding tert-OH is 2. The van der Waals surface area contributed by atoms with Crippen LogP contribution in [0.25, 0.3) is 10.8 Å². The average molecular weight is 481 g/mol. The molecule has 0 spiro atoms. The molecule has 3 aromatic rings. The number of unbranched alkanes of at least 4 members (excludes halogenated alkanes) is 4. The van der Waals surface area contributed by atoms with E-state index in [2.05, 4.69) is 13.8 Å². The van der Waals surface area contributed by atoms with Gasteiger partial charge in [0.25, 0.3) is 0 Å². The first-order valence-electron chi connectivity index (χ1n) is 13.0. The van der Waals surface area contributed by atoms with Crippen LogP contribution in [0.1, 0.15) is 65.2 Å². The fraction of sp³-hybridized carbons (Fsp3) is 0.467. The highest BCUT2D eigenvalue weighted by atomic mass is 16.5. The summed E-state index contributed by atoms with van der Waals surface area (Å²) in [5, 5.41) is 22.6. The molecule has 5 nitrogen and oxygen atoms in total. The second-order valence-electron chi connectivity index (χ2n) is 9.08. The third-order valence-corrected chi connectivity index (χ3v) is 6.03. The minimum atomic E-state index is -0.543. The predicted molar refractivity (Wildman–Crippen MR) is 142 cm³/mol. The van der Waals surface area contributed by atoms with Crippen LogP contribution < -0.4 is 14.2 Å². The molecular formula is C30H40O5. The van der Waals surface area contributed by atoms with Crippen molar-refractivity contribution < 1.29 is 24.4 Å². The molecule has 0 saturated carbocycles. The van der Waals surface area contributed by atoms with Crippen molar-refractivity contribution in [1.29, 1.82) is 0 Å². The first-order chi connectivity index (χ1) is 17.1. The molecule has 0 bridgehead atoms. The maximum absolute atomic E-state index is 10.5. The zero-order valence-corrected chi connectivity index (χ0v) is 21.1. The Balaban J connectivity index is 1.87. The van der Waals surface area contributed by atoms with Crippen LogP contribution in [0.15, 0.2) is 60.7 Å². The van der Waals surface area contributed by atoms with Gasteiger partial charge in [0.15, 0.2) is 11.5 Å². The molecule has 0 heterocycles. The molecule has 3 aromatic carbocycles. The molecule has 2 atom stereocenters. The number of aliphatic hydroxyl groups is 2. The summed E-state index contributed by atoms with van der Waals surface area (Å²) < 4.78 is 18.5. The van der Waals surface area contributed by atoms with Crippen molar-refractivity contribution in [2.75, 3.05) is 13.2 Å². The summed E-state index contributed by atoms with van der Waals surface area (Å²) in [6, 6.07) is 19.2. The summed E-state index contributed by atoms with van der Waals surface area (Å²) in [6.07, 6.45) is 6.75. The van der Waals surface area contributed by atoms with E-state index in [0.29, 0.717) is 29.4 Å². The zero-order chi connectivity index (χ0) is 24.9. The summed E-state index contributed by atoms with van der Waals surface area (Å²) >= 11 is 0. The average Bonchev–Trinajstić information content (AvgIpc) is 2.87. The molecule has 0 radical (unpaired) electrons. The minimum absolute atomic E-state index is 0.190. The van der Waals surface area contributed by atoms with E-state index >= 15 is 0 Å². The van der Waals surface area contributed by atoms with E-state index in [1.165, 1.54) is 0 Å². The van der Waals surface area contributed by atoms with Crippen LogP contribution in [0.5, 0.6) is 23.0 Å². The Morgan fingerprint density at radius 2 is 1.23 bits per heavy atom. The fourth-order valence-electron chi connectivity index (χ4n) is 4.04. The number of benzene rings is 3. The molecule has 3 rings (SSSR count). The molecule has 0 aliphatic heterocycles. The van der Waals surface area contributed by atoms with Crippen molar-refractivity contribution in [3.05, 3.63) is 60.7 Å². The highest BCUT2D eigenvalue weighted by Crippen LogP contribution is 2.43. The van der Waals surface area contributed by atoms with Crippen LogP contribution in [0, 0.1) is 0 Å². The lowest BCUT2D eigenvalue weighted by Gasteiger charge is -2.20. The fourth-order valence-corrected chi connectivity index (χ4v) is 4.04. The van der Waals surface area contributed by atoms with Gasteiger partial charge in [-0.3, -0.25) is 0 Å². The molecule has 0 aliphatic rings. The third kappa shape index (κ3) is 8.44. The Morgan fingerprint density at radius 3 is 1.86 bits per heavy atom. The van der Waals surface area contributed by atoms with Crippen molar-refractivity contribution in [2.24, 2.45) is 0 Å². The molecule has 2 N–H and O–H groups in total. The van der Waals surface area contributed by atoms with Gasteiger partial charge in [0.1, 0.15) is 24.7 Å². The minimum Gasteiger partial charge on any atom is -0.490 e. The smallest absolute Gasteiger partial charge is 0.173 e. The van der Waals surface area contributed by atoms with Crippen molar-refractivity contribution in [1.82, 2.24) is 0 Å². The van der Waals surface area contributed by atoms with E-state index < -0.39 is 12.2 Å². The van der Waals surface area contributed by atoms with Gasteiger partial charge in [-0.05, 0) is 25.0 Å². The summed E-state index contributed by atoms with van der Waals surface area (Å²) in [6.45, 7) is 4.71. The first kappa shape index (κ1) is 26.8. The number of ether oxygens (including phenoxy) is 3. The summed E-state index contributed by atoms with van der Waals surface area (Å²) in [5.41, 5.74) is 0. The van der Waals surface area contributed by atoms with Crippen LogP contribution in [-0.4, -0.2) is 35.6 Å². The Kier molecular flexibility index (Phi) is 11.2. The molecule has 2 unspecified atom stereocenters. The maximum Gasteiger partial charge on any atom is 0.173 e. The molecule has 190 valence electrons. The van der Waals surface area contributed by atoms with Crippen LogP contribution in [0.2, 0.25) is 0 Å². The van der Waals surface area contributed by atoms with Crippen LogP contribution >= 0.6 is 0 Å². The highest BCUT2D eigenvalue weighted by molar-refractivity contribution is 5.95. The predicted octanol–water partition coefficient (Wildman–Crippen LogP) is 7.27. The quantitative estimate of drug-likeness (QED) is 0.211. The zero-order valence-electron chi connectivity index (χ0n) is 21.1. The molecule has 5 heteroatoms. The van der Waals surface area contributed by atoms with Crippen molar-refractivity contribution >= 4 is 10.8 Å². The monoisotopic (exact) mass is 480 g/mol. The Hall–Kier alpha value is -2.76. The Bertz CT molecular complexity index is 1000. The van der Waals surface area contributed by atoms with Crippen LogP contribution in [0.3, 0.4) is 0 Å². The Labute approximate surface area is 209 Å². The van der Waals surface area contributed by atoms with E-state index in [9.17, 15) is 10.2 Å². The van der Waals surface area contributed by atoms with Gasteiger partial charge < -0.3 is 24.4 Å². The van der Waals surface area contributed by atoms with E-state index in [-0.39, 0.29) is 13.2 Å². The summed E-state index contributed by atoms with van der Waals surface area (Å²) in [7, 11) is 0. The molecule has 0 aliphatic carbocycles. The molecular weight excluding hydrogens is 440 g/mol. The van der Waals surface area contributed by atoms with E-state index in [0.717, 1.165) is 55.7 Å². The van der Waals surface area contributed by atoms with Crippen LogP contribution in [-0.2, 0) is 0 Å². The number of fused-ring (bicyclic) bond motifs is 1. The van der Waals surface area contributed by atoms with Gasteiger partial charge >= 0.3 is 0 Å². The maximum atomic E-state index is 10.5. The standard InChI is InChI=1S/C30H40O5/c1-3-5-8-14-23(31)21-33-28-20-29(35-25-16-10-7-11-17-25)30(27-19-13-12-18-26(27)28)34-22-24(32)15-9-6-4-2/h7,10-13,16-20,23-24,31-32H,3-6,8-9,14-15,21-22H2,1-2H3. The van der Waals surface area contributed by atoms with Gasteiger partial charge in [-0.1, -0.05) is 94.8 Å². The van der Waals surface area contributed by atoms with E-state index in [1.54, 1.807) is 0 Å². The van der Waals surface area contributed by atoms with E-state index in [4.69, 9.17) is 14.2 Å². The van der Waals surface area contributed by atoms with Gasteiger partial charge in [0.05, 0.1) is 12.2 Å². The second-order valence-corrected chi connectivity index (χ2v) is 9.08. The largest absolute Gasteiger partial charge is 0.490 e. The number of rotatable bonds is 16. The number of para-hydroxylation sites is 1. The number of hydrogen-bond acceptors (Lipinski definition) is 5. The molecule has 0 fully saturated rings. The molecule has 0 saturated heterocycles. The van der Waals surface area contributed by atoms with Gasteiger partial charge in [-0.2, -0.15) is 0 Å². The number of hydrogen-bond donors (Lipinski definition) is 2. The summed E-state index contributed by atoms with van der Waals surface area (Å²) in [5.74, 6) is 2.42. The normalized spacial score (nSPS) is 12.9. The molecule has 0 amide bonds. The van der Waals surface area contributed by atoms with Gasteiger partial charge in [0.2, 0.25) is 0 Å². The van der Waals surface area contributed by atoms with Crippen molar-refractivity contribution in [3.63, 3.8) is 0 Å². The van der Waals surface area contributed by atoms with Crippen molar-refractivity contribution in [2.45, 2.75) is 77.4 Å². The lowest BCUT2D eigenvalue weighted by Crippen LogP contribution is -2.18. The second kappa shape index (κ2) is 14.6. The molecule has 35 heavy (non-hydrogen) atoms. The van der Waals surface area contributed by atoms with Gasteiger partial charge in [-0.25, -0.2) is 0 Å². The SMILES string of the molecule is CCCCCC(O)COc1cc(Oc2ccccc2)c(OCC(O)CCCCC)c2ccccc12. The first-order valence-corrected chi connectivity index (χ1v) is 13.0. The van der Waals surface area contributed by atoms with Gasteiger partial charge in [0, 0.05) is 16.8 Å². The Morgan fingerprint density at radius 1 is 0.657 bits per heavy atom. The lowest BCUT2D eigenvalue weighted by atomic mass is 10.1. The van der Waals surface area contributed by atoms with Gasteiger partial charge in [-0.15, -0.1) is 0 Å². The molecule has 0 aromatic heterocycles. The van der Waals surface area contributed by atoms with Crippen LogP contribution in [0.4, 0.5) is 0 Å². The highest BCUT2D eigenvalue weighted by Gasteiger charge is 2.18.